The highest BCUT2D eigenvalue weighted by Crippen LogP contribution is 2.45. The van der Waals surface area contributed by atoms with E-state index in [9.17, 15) is 29.7 Å². The van der Waals surface area contributed by atoms with Crippen LogP contribution < -0.4 is 4.68 Å². The molecule has 2 aliphatic rings. The monoisotopic (exact) mass is 397 g/mol. The number of hydrogen-bond donors (Lipinski definition) is 3. The van der Waals surface area contributed by atoms with Gasteiger partial charge in [0.2, 0.25) is 12.7 Å². The van der Waals surface area contributed by atoms with Crippen LogP contribution in [0.25, 0.3) is 0 Å². The lowest BCUT2D eigenvalue weighted by molar-refractivity contribution is -0.758. The number of nitrogens with zero attached hydrogens (tertiary/aromatic N) is 4. The maximum Gasteiger partial charge on any atom is 0.353 e. The van der Waals surface area contributed by atoms with Gasteiger partial charge in [0.05, 0.1) is 23.9 Å². The Morgan fingerprint density at radius 1 is 1.44 bits per heavy atom. The molecule has 0 unspecified atom stereocenters. The number of carbonyl (C=O) groups excluding carboxylic acids is 1. The Morgan fingerprint density at radius 3 is 2.67 bits per heavy atom. The summed E-state index contributed by atoms with van der Waals surface area (Å²) in [5, 5.41) is 29.2. The van der Waals surface area contributed by atoms with Crippen LogP contribution in [0.15, 0.2) is 23.3 Å². The van der Waals surface area contributed by atoms with Gasteiger partial charge in [0.15, 0.2) is 0 Å². The summed E-state index contributed by atoms with van der Waals surface area (Å²) in [5.41, 5.74) is -0.209. The number of rotatable bonds is 7. The summed E-state index contributed by atoms with van der Waals surface area (Å²) >= 11 is 1.34. The van der Waals surface area contributed by atoms with E-state index in [-0.39, 0.29) is 10.9 Å². The van der Waals surface area contributed by atoms with Gasteiger partial charge in [-0.05, 0) is 11.9 Å². The zero-order chi connectivity index (χ0) is 19.9. The molecule has 3 rings (SSSR count). The molecule has 11 heteroatoms. The number of carboxylic acids is 2. The molecule has 1 aromatic heterocycles. The molecule has 0 saturated carbocycles. The van der Waals surface area contributed by atoms with Crippen molar-refractivity contribution in [3.05, 3.63) is 23.3 Å². The van der Waals surface area contributed by atoms with Crippen LogP contribution in [0.4, 0.5) is 0 Å². The van der Waals surface area contributed by atoms with Gasteiger partial charge in [0.25, 0.3) is 0 Å². The molecule has 1 amide bonds. The highest BCUT2D eigenvalue weighted by atomic mass is 32.2. The molecule has 0 bridgehead atoms. The lowest BCUT2D eigenvalue weighted by Crippen LogP contribution is -2.47. The first-order valence-electron chi connectivity index (χ1n) is 8.44. The van der Waals surface area contributed by atoms with E-state index in [1.165, 1.54) is 18.7 Å². The molecule has 146 valence electrons. The normalized spacial score (nSPS) is 26.8. The fraction of sp³-hybridized carbons (Fsp3) is 0.562. The Kier molecular flexibility index (Phi) is 5.24. The number of carboxylic acid groups (broad SMARTS) is 2. The molecule has 0 aromatic carbocycles. The number of fused-ring (bicyclic) bond motifs is 1. The van der Waals surface area contributed by atoms with E-state index in [1.54, 1.807) is 19.6 Å². The lowest BCUT2D eigenvalue weighted by Gasteiger charge is -2.31. The first-order valence-corrected chi connectivity index (χ1v) is 9.32. The van der Waals surface area contributed by atoms with E-state index in [0.29, 0.717) is 24.4 Å². The van der Waals surface area contributed by atoms with Gasteiger partial charge in [0, 0.05) is 10.8 Å². The third kappa shape index (κ3) is 3.32. The fourth-order valence-corrected chi connectivity index (χ4v) is 5.33. The van der Waals surface area contributed by atoms with Crippen molar-refractivity contribution in [3.63, 3.8) is 0 Å². The summed E-state index contributed by atoms with van der Waals surface area (Å²) in [6, 6.07) is -0.969. The van der Waals surface area contributed by atoms with Crippen molar-refractivity contribution in [2.24, 2.45) is 11.8 Å². The van der Waals surface area contributed by atoms with Crippen LogP contribution in [-0.4, -0.2) is 65.6 Å². The zero-order valence-corrected chi connectivity index (χ0v) is 15.6. The molecule has 0 spiro atoms. The second kappa shape index (κ2) is 7.31. The maximum absolute atomic E-state index is 11.9. The first-order chi connectivity index (χ1) is 12.8. The quantitative estimate of drug-likeness (QED) is 0.399. The first kappa shape index (κ1) is 19.4. The van der Waals surface area contributed by atoms with E-state index in [1.807, 2.05) is 9.36 Å². The molecule has 4 atom stereocenters. The van der Waals surface area contributed by atoms with E-state index in [0.717, 1.165) is 4.90 Å². The fourth-order valence-electron chi connectivity index (χ4n) is 3.86. The summed E-state index contributed by atoms with van der Waals surface area (Å²) in [5.74, 6) is -4.40. The van der Waals surface area contributed by atoms with Crippen molar-refractivity contribution in [2.45, 2.75) is 44.3 Å². The molecule has 0 aliphatic carbocycles. The van der Waals surface area contributed by atoms with Crippen LogP contribution in [0.1, 0.15) is 13.8 Å². The number of aliphatic hydroxyl groups is 1. The number of amides is 1. The molecule has 0 radical (unpaired) electrons. The van der Waals surface area contributed by atoms with Gasteiger partial charge in [-0.15, -0.1) is 11.8 Å². The Balaban J connectivity index is 1.93. The molecule has 2 aliphatic heterocycles. The van der Waals surface area contributed by atoms with Crippen LogP contribution in [0.3, 0.4) is 0 Å². The minimum absolute atomic E-state index is 0.0295. The highest BCUT2D eigenvalue weighted by molar-refractivity contribution is 8.03. The zero-order valence-electron chi connectivity index (χ0n) is 14.8. The standard InChI is InChI=1S/C16H20N4O6S/c1-8-12(11(9(2)22)15(23)24)20(7-21)13(16(25)26)14(8)27-10-3-18-5-17-6-19(18)4-10/h5-12,22H,3-4H2,1-2H3,(H-,23,24,25,26)/p+1/t8-,9-,11-,12-/m1/s1. The van der Waals surface area contributed by atoms with Crippen LogP contribution >= 0.6 is 11.8 Å². The van der Waals surface area contributed by atoms with Crippen molar-refractivity contribution < 1.29 is 34.4 Å². The summed E-state index contributed by atoms with van der Waals surface area (Å²) in [7, 11) is 0. The number of aliphatic carboxylic acids is 2. The van der Waals surface area contributed by atoms with E-state index in [2.05, 4.69) is 4.98 Å². The van der Waals surface area contributed by atoms with Gasteiger partial charge < -0.3 is 20.2 Å². The second-order valence-electron chi connectivity index (χ2n) is 6.78. The van der Waals surface area contributed by atoms with Gasteiger partial charge in [0.1, 0.15) is 18.2 Å². The van der Waals surface area contributed by atoms with Crippen molar-refractivity contribution in [2.75, 3.05) is 0 Å². The molecular formula is C16H21N4O6S+. The SMILES string of the molecule is C[C@@H](O)[C@@H](C(=O)O)[C@H]1[C@@H](C)C(SC2Cn3cnc[n+]3C2)=C(C(=O)O)N1C=O. The smallest absolute Gasteiger partial charge is 0.353 e. The summed E-state index contributed by atoms with van der Waals surface area (Å²) < 4.78 is 3.81. The summed E-state index contributed by atoms with van der Waals surface area (Å²) in [4.78, 5) is 40.7. The topological polar surface area (TPSA) is 137 Å². The van der Waals surface area contributed by atoms with Crippen molar-refractivity contribution in [1.29, 1.82) is 0 Å². The van der Waals surface area contributed by atoms with Crippen LogP contribution in [-0.2, 0) is 27.5 Å². The third-order valence-corrected chi connectivity index (χ3v) is 6.48. The number of carbonyl (C=O) groups is 3. The highest BCUT2D eigenvalue weighted by Gasteiger charge is 2.49. The summed E-state index contributed by atoms with van der Waals surface area (Å²) in [6.45, 7) is 4.27. The van der Waals surface area contributed by atoms with Crippen molar-refractivity contribution in [3.8, 4) is 0 Å². The van der Waals surface area contributed by atoms with Gasteiger partial charge in [-0.3, -0.25) is 9.59 Å². The number of aliphatic hydroxyl groups excluding tert-OH is 1. The predicted molar refractivity (Wildman–Crippen MR) is 92.1 cm³/mol. The van der Waals surface area contributed by atoms with Crippen molar-refractivity contribution in [1.82, 2.24) is 14.6 Å². The Labute approximate surface area is 159 Å². The number of hydrogen-bond acceptors (Lipinski definition) is 6. The Morgan fingerprint density at radius 2 is 2.15 bits per heavy atom. The molecule has 0 fully saturated rings. The van der Waals surface area contributed by atoms with E-state index in [4.69, 9.17) is 0 Å². The third-order valence-electron chi connectivity index (χ3n) is 5.03. The molecule has 10 nitrogen and oxygen atoms in total. The second-order valence-corrected chi connectivity index (χ2v) is 8.12. The molecular weight excluding hydrogens is 376 g/mol. The number of aromatic nitrogens is 3. The van der Waals surface area contributed by atoms with Crippen LogP contribution in [0, 0.1) is 11.8 Å². The maximum atomic E-state index is 11.9. The molecule has 3 heterocycles. The van der Waals surface area contributed by atoms with Crippen molar-refractivity contribution >= 4 is 30.1 Å². The molecule has 3 N–H and O–H groups in total. The summed E-state index contributed by atoms with van der Waals surface area (Å²) in [6.07, 6.45) is 2.46. The van der Waals surface area contributed by atoms with Gasteiger partial charge >= 0.3 is 18.3 Å². The van der Waals surface area contributed by atoms with E-state index < -0.39 is 35.9 Å². The lowest BCUT2D eigenvalue weighted by atomic mass is 9.87. The minimum Gasteiger partial charge on any atom is -0.481 e. The average molecular weight is 397 g/mol. The minimum atomic E-state index is -1.30. The number of thioether (sulfide) groups is 1. The largest absolute Gasteiger partial charge is 0.481 e. The molecule has 1 aromatic rings. The Bertz CT molecular complexity index is 786. The van der Waals surface area contributed by atoms with Gasteiger partial charge in [-0.25, -0.2) is 4.79 Å². The van der Waals surface area contributed by atoms with E-state index >= 15 is 0 Å². The van der Waals surface area contributed by atoms with Gasteiger partial charge in [-0.1, -0.05) is 6.92 Å². The average Bonchev–Trinajstić information content (AvgIpc) is 3.22. The predicted octanol–water partition coefficient (Wildman–Crippen LogP) is -0.859. The molecule has 0 saturated heterocycles. The molecule has 27 heavy (non-hydrogen) atoms. The van der Waals surface area contributed by atoms with Crippen LogP contribution in [0.2, 0.25) is 0 Å². The van der Waals surface area contributed by atoms with Crippen LogP contribution in [0.5, 0.6) is 0 Å². The Hall–Kier alpha value is -2.40. The van der Waals surface area contributed by atoms with Gasteiger partial charge in [-0.2, -0.15) is 9.36 Å².